The molecular weight excluding hydrogens is 224 g/mol. The summed E-state index contributed by atoms with van der Waals surface area (Å²) in [4.78, 5) is 0. The monoisotopic (exact) mass is 240 g/mol. The number of aliphatic hydroxyl groups is 1. The van der Waals surface area contributed by atoms with Gasteiger partial charge in [0.2, 0.25) is 0 Å². The molecule has 16 heavy (non-hydrogen) atoms. The summed E-state index contributed by atoms with van der Waals surface area (Å²) in [7, 11) is 0. The summed E-state index contributed by atoms with van der Waals surface area (Å²) < 4.78 is 5.48. The van der Waals surface area contributed by atoms with E-state index in [0.717, 1.165) is 12.2 Å². The maximum Gasteiger partial charge on any atom is 0.119 e. The molecule has 88 valence electrons. The van der Waals surface area contributed by atoms with Crippen LogP contribution in [0.4, 0.5) is 0 Å². The second kappa shape index (κ2) is 5.55. The predicted octanol–water partition coefficient (Wildman–Crippen LogP) is 3.27. The first kappa shape index (κ1) is 11.7. The van der Waals surface area contributed by atoms with Crippen LogP contribution in [-0.2, 0) is 0 Å². The zero-order valence-corrected chi connectivity index (χ0v) is 9.99. The van der Waals surface area contributed by atoms with Crippen LogP contribution in [0.3, 0.4) is 0 Å². The molecule has 1 fully saturated rings. The van der Waals surface area contributed by atoms with E-state index in [1.807, 2.05) is 12.1 Å². The van der Waals surface area contributed by atoms with Gasteiger partial charge in [-0.25, -0.2) is 0 Å². The van der Waals surface area contributed by atoms with Crippen LogP contribution in [0.1, 0.15) is 25.7 Å². The minimum atomic E-state index is -0.346. The molecule has 0 spiro atoms. The Morgan fingerprint density at radius 3 is 2.56 bits per heavy atom. The van der Waals surface area contributed by atoms with Crippen LogP contribution in [0.15, 0.2) is 24.3 Å². The number of rotatable bonds is 5. The zero-order chi connectivity index (χ0) is 11.4. The molecule has 1 N–H and O–H groups in total. The van der Waals surface area contributed by atoms with Gasteiger partial charge in [0.25, 0.3) is 0 Å². The molecule has 1 saturated carbocycles. The lowest BCUT2D eigenvalue weighted by molar-refractivity contribution is 0.0704. The van der Waals surface area contributed by atoms with Crippen molar-refractivity contribution < 1.29 is 9.84 Å². The van der Waals surface area contributed by atoms with E-state index in [2.05, 4.69) is 0 Å². The van der Waals surface area contributed by atoms with Crippen molar-refractivity contribution in [2.24, 2.45) is 5.92 Å². The summed E-state index contributed by atoms with van der Waals surface area (Å²) in [5.41, 5.74) is 0. The first-order chi connectivity index (χ1) is 7.74. The van der Waals surface area contributed by atoms with Crippen molar-refractivity contribution >= 4 is 11.6 Å². The average molecular weight is 241 g/mol. The van der Waals surface area contributed by atoms with E-state index >= 15 is 0 Å². The fourth-order valence-corrected chi connectivity index (χ4v) is 2.03. The minimum absolute atomic E-state index is 0.346. The van der Waals surface area contributed by atoms with Crippen LogP contribution in [0.5, 0.6) is 5.75 Å². The van der Waals surface area contributed by atoms with Crippen molar-refractivity contribution in [2.45, 2.75) is 31.8 Å². The summed E-state index contributed by atoms with van der Waals surface area (Å²) in [6.45, 7) is 0.373. The number of hydrogen-bond donors (Lipinski definition) is 1. The van der Waals surface area contributed by atoms with Crippen LogP contribution in [0, 0.1) is 5.92 Å². The molecule has 1 aliphatic rings. The predicted molar refractivity (Wildman–Crippen MR) is 64.9 cm³/mol. The Kier molecular flexibility index (Phi) is 4.08. The van der Waals surface area contributed by atoms with E-state index < -0.39 is 0 Å². The highest BCUT2D eigenvalue weighted by atomic mass is 35.5. The van der Waals surface area contributed by atoms with Crippen LogP contribution < -0.4 is 4.74 Å². The lowest BCUT2D eigenvalue weighted by atomic mass is 9.81. The van der Waals surface area contributed by atoms with Gasteiger partial charge in [-0.05, 0) is 36.6 Å². The van der Waals surface area contributed by atoms with E-state index in [-0.39, 0.29) is 6.10 Å². The Labute approximate surface area is 101 Å². The van der Waals surface area contributed by atoms with Gasteiger partial charge in [-0.3, -0.25) is 0 Å². The first-order valence-electron chi connectivity index (χ1n) is 5.80. The molecule has 0 aliphatic heterocycles. The van der Waals surface area contributed by atoms with Crippen molar-refractivity contribution in [2.75, 3.05) is 6.61 Å². The number of aliphatic hydroxyl groups excluding tert-OH is 1. The molecule has 0 saturated heterocycles. The highest BCUT2D eigenvalue weighted by molar-refractivity contribution is 6.30. The SMILES string of the molecule is OC(COc1ccc(Cl)cc1)CC1CCC1. The van der Waals surface area contributed by atoms with Crippen molar-refractivity contribution in [1.82, 2.24) is 0 Å². The van der Waals surface area contributed by atoms with Gasteiger partial charge >= 0.3 is 0 Å². The van der Waals surface area contributed by atoms with E-state index in [1.54, 1.807) is 12.1 Å². The molecule has 0 radical (unpaired) electrons. The second-order valence-electron chi connectivity index (χ2n) is 4.45. The summed E-state index contributed by atoms with van der Waals surface area (Å²) in [5, 5.41) is 10.4. The van der Waals surface area contributed by atoms with Gasteiger partial charge in [0.1, 0.15) is 12.4 Å². The minimum Gasteiger partial charge on any atom is -0.491 e. The Morgan fingerprint density at radius 1 is 1.31 bits per heavy atom. The quantitative estimate of drug-likeness (QED) is 0.856. The molecule has 0 amide bonds. The van der Waals surface area contributed by atoms with Gasteiger partial charge < -0.3 is 9.84 Å². The normalized spacial score (nSPS) is 17.9. The third kappa shape index (κ3) is 3.39. The molecule has 1 atom stereocenters. The Morgan fingerprint density at radius 2 is 2.00 bits per heavy atom. The Bertz CT molecular complexity index is 319. The summed E-state index contributed by atoms with van der Waals surface area (Å²) in [6, 6.07) is 7.21. The van der Waals surface area contributed by atoms with Crippen molar-refractivity contribution in [1.29, 1.82) is 0 Å². The van der Waals surface area contributed by atoms with Crippen LogP contribution in [0.25, 0.3) is 0 Å². The van der Waals surface area contributed by atoms with Crippen molar-refractivity contribution in [3.63, 3.8) is 0 Å². The molecule has 0 heterocycles. The molecule has 0 bridgehead atoms. The maximum atomic E-state index is 9.75. The molecule has 1 aromatic carbocycles. The largest absolute Gasteiger partial charge is 0.491 e. The molecule has 1 aromatic rings. The standard InChI is InChI=1S/C13H17ClO2/c14-11-4-6-13(7-5-11)16-9-12(15)8-10-2-1-3-10/h4-7,10,12,15H,1-3,8-9H2. The molecular formula is C13H17ClO2. The van der Waals surface area contributed by atoms with E-state index in [9.17, 15) is 5.11 Å². The molecule has 2 rings (SSSR count). The smallest absolute Gasteiger partial charge is 0.119 e. The lowest BCUT2D eigenvalue weighted by Crippen LogP contribution is -2.24. The third-order valence-electron chi connectivity index (χ3n) is 3.09. The molecule has 2 nitrogen and oxygen atoms in total. The van der Waals surface area contributed by atoms with Crippen LogP contribution in [-0.4, -0.2) is 17.8 Å². The van der Waals surface area contributed by atoms with Crippen LogP contribution in [0.2, 0.25) is 5.02 Å². The highest BCUT2D eigenvalue weighted by Crippen LogP contribution is 2.30. The fraction of sp³-hybridized carbons (Fsp3) is 0.538. The van der Waals surface area contributed by atoms with Crippen LogP contribution >= 0.6 is 11.6 Å². The van der Waals surface area contributed by atoms with Gasteiger partial charge in [0, 0.05) is 5.02 Å². The van der Waals surface area contributed by atoms with Gasteiger partial charge in [-0.15, -0.1) is 0 Å². The Hall–Kier alpha value is -0.730. The first-order valence-corrected chi connectivity index (χ1v) is 6.18. The zero-order valence-electron chi connectivity index (χ0n) is 9.23. The molecule has 3 heteroatoms. The number of hydrogen-bond acceptors (Lipinski definition) is 2. The van der Waals surface area contributed by atoms with Gasteiger partial charge in [0.05, 0.1) is 6.10 Å². The van der Waals surface area contributed by atoms with E-state index in [1.165, 1.54) is 19.3 Å². The topological polar surface area (TPSA) is 29.5 Å². The van der Waals surface area contributed by atoms with Gasteiger partial charge in [0.15, 0.2) is 0 Å². The van der Waals surface area contributed by atoms with Crippen molar-refractivity contribution in [3.8, 4) is 5.75 Å². The second-order valence-corrected chi connectivity index (χ2v) is 4.89. The maximum absolute atomic E-state index is 9.75. The third-order valence-corrected chi connectivity index (χ3v) is 3.34. The van der Waals surface area contributed by atoms with Crippen molar-refractivity contribution in [3.05, 3.63) is 29.3 Å². The molecule has 1 aliphatic carbocycles. The highest BCUT2D eigenvalue weighted by Gasteiger charge is 2.21. The summed E-state index contributed by atoms with van der Waals surface area (Å²) in [5.74, 6) is 1.47. The fourth-order valence-electron chi connectivity index (χ4n) is 1.90. The van der Waals surface area contributed by atoms with E-state index in [4.69, 9.17) is 16.3 Å². The number of ether oxygens (including phenoxy) is 1. The number of benzene rings is 1. The molecule has 1 unspecified atom stereocenters. The van der Waals surface area contributed by atoms with E-state index in [0.29, 0.717) is 17.5 Å². The van der Waals surface area contributed by atoms with Gasteiger partial charge in [-0.2, -0.15) is 0 Å². The van der Waals surface area contributed by atoms with Gasteiger partial charge in [-0.1, -0.05) is 30.9 Å². The summed E-state index contributed by atoms with van der Waals surface area (Å²) >= 11 is 5.76. The Balaban J connectivity index is 1.71. The summed E-state index contributed by atoms with van der Waals surface area (Å²) in [6.07, 6.45) is 4.36. The molecule has 0 aromatic heterocycles. The average Bonchev–Trinajstić information content (AvgIpc) is 2.23. The number of halogens is 1. The lowest BCUT2D eigenvalue weighted by Gasteiger charge is -2.27.